The third kappa shape index (κ3) is 2.95. The van der Waals surface area contributed by atoms with Crippen LogP contribution in [0.4, 0.5) is 24.5 Å². The molecule has 3 N–H and O–H groups in total. The van der Waals surface area contributed by atoms with Crippen LogP contribution in [0.25, 0.3) is 10.9 Å². The summed E-state index contributed by atoms with van der Waals surface area (Å²) in [5.41, 5.74) is -1.47. The molecule has 2 aliphatic heterocycles. The molecular weight excluding hydrogens is 425 g/mol. The fourth-order valence-electron chi connectivity index (χ4n) is 3.68. The number of aromatic nitrogens is 3. The number of benzene rings is 1. The lowest BCUT2D eigenvalue weighted by Crippen LogP contribution is -2.44. The molecule has 1 aromatic carbocycles. The summed E-state index contributed by atoms with van der Waals surface area (Å²) in [5, 5.41) is 22.3. The van der Waals surface area contributed by atoms with E-state index in [9.17, 15) is 18.3 Å². The number of quaternary nitrogens is 1. The van der Waals surface area contributed by atoms with Gasteiger partial charge < -0.3 is 15.4 Å². The Morgan fingerprint density at radius 1 is 1.25 bits per heavy atom. The second kappa shape index (κ2) is 6.61. The van der Waals surface area contributed by atoms with Gasteiger partial charge in [-0.15, -0.1) is 0 Å². The molecule has 2 aromatic heterocycles. The summed E-state index contributed by atoms with van der Waals surface area (Å²) in [4.78, 5) is 11.4. The van der Waals surface area contributed by atoms with Crippen molar-refractivity contribution in [2.24, 2.45) is 22.1 Å². The summed E-state index contributed by atoms with van der Waals surface area (Å²) in [5.74, 6) is 0.864. The Kier molecular flexibility index (Phi) is 4.16. The van der Waals surface area contributed by atoms with Gasteiger partial charge in [-0.05, 0) is 24.2 Å². The summed E-state index contributed by atoms with van der Waals surface area (Å²) in [6.45, 7) is 0.734. The van der Waals surface area contributed by atoms with Crippen molar-refractivity contribution < 1.29 is 18.3 Å². The van der Waals surface area contributed by atoms with Gasteiger partial charge in [-0.1, -0.05) is 10.7 Å². The van der Waals surface area contributed by atoms with Crippen molar-refractivity contribution in [1.29, 1.82) is 0 Å². The van der Waals surface area contributed by atoms with Crippen molar-refractivity contribution in [2.45, 2.75) is 18.7 Å². The van der Waals surface area contributed by atoms with E-state index in [2.05, 4.69) is 30.5 Å². The molecule has 0 bridgehead atoms. The minimum atomic E-state index is -4.81. The van der Waals surface area contributed by atoms with E-state index in [0.29, 0.717) is 23.0 Å². The monoisotopic (exact) mass is 443 g/mol. The van der Waals surface area contributed by atoms with Crippen molar-refractivity contribution in [1.82, 2.24) is 19.4 Å². The highest BCUT2D eigenvalue weighted by atomic mass is 19.4. The van der Waals surface area contributed by atoms with E-state index in [0.717, 1.165) is 12.6 Å². The Labute approximate surface area is 179 Å². The Morgan fingerprint density at radius 2 is 2.06 bits per heavy atom. The van der Waals surface area contributed by atoms with Crippen LogP contribution in [-0.2, 0) is 12.6 Å². The van der Waals surface area contributed by atoms with Gasteiger partial charge in [0.2, 0.25) is 5.69 Å². The molecule has 2 aliphatic rings. The third-order valence-electron chi connectivity index (χ3n) is 5.48. The Bertz CT molecular complexity index is 1340. The van der Waals surface area contributed by atoms with Gasteiger partial charge in [0.1, 0.15) is 12.4 Å². The highest BCUT2D eigenvalue weighted by Gasteiger charge is 2.52. The summed E-state index contributed by atoms with van der Waals surface area (Å²) < 4.78 is 41.4. The SMILES string of the molecule is Cn1cc([N+]23C=CN=CC2=NC(Nc2ccc4c(C(C)(O)C(F)(F)F)c[nH]c4c2)=N3)cn1. The Hall–Kier alpha value is -3.77. The van der Waals surface area contributed by atoms with Gasteiger partial charge in [0.05, 0.1) is 12.4 Å². The predicted octanol–water partition coefficient (Wildman–Crippen LogP) is 3.33. The number of hydrogen-bond donors (Lipinski definition) is 3. The van der Waals surface area contributed by atoms with E-state index in [-0.39, 0.29) is 15.5 Å². The largest absolute Gasteiger partial charge is 0.421 e. The van der Waals surface area contributed by atoms with E-state index in [1.807, 2.05) is 6.20 Å². The molecule has 5 rings (SSSR count). The quantitative estimate of drug-likeness (QED) is 0.541. The maximum atomic E-state index is 13.3. The molecule has 4 heterocycles. The van der Waals surface area contributed by atoms with Crippen molar-refractivity contribution in [3.05, 3.63) is 54.8 Å². The standard InChI is InChI=1S/C20H18F3N8O/c1-19(32,20(21,22)23)15-9-25-16-7-12(3-4-14(15)16)27-18-28-17-10-24-5-6-31(17,29-18)13-8-26-30(2)11-13/h3-11,25,32H,1-2H3,(H,27,29)/q+1. The van der Waals surface area contributed by atoms with Gasteiger partial charge in [-0.25, -0.2) is 0 Å². The second-order valence-corrected chi connectivity index (χ2v) is 7.69. The zero-order valence-electron chi connectivity index (χ0n) is 17.0. The number of amidine groups is 1. The summed E-state index contributed by atoms with van der Waals surface area (Å²) in [6, 6.07) is 4.74. The van der Waals surface area contributed by atoms with E-state index in [4.69, 9.17) is 0 Å². The predicted molar refractivity (Wildman–Crippen MR) is 115 cm³/mol. The average Bonchev–Trinajstić information content (AvgIpc) is 3.43. The maximum Gasteiger partial charge on any atom is 0.421 e. The molecule has 3 aromatic rings. The first-order valence-corrected chi connectivity index (χ1v) is 9.56. The first kappa shape index (κ1) is 20.2. The number of halogens is 3. The molecule has 0 fully saturated rings. The van der Waals surface area contributed by atoms with E-state index in [1.54, 1.807) is 48.7 Å². The normalized spacial score (nSPS) is 21.9. The number of nitrogens with zero attached hydrogens (tertiary/aromatic N) is 6. The molecule has 0 amide bonds. The third-order valence-corrected chi connectivity index (χ3v) is 5.48. The van der Waals surface area contributed by atoms with Crippen LogP contribution < -0.4 is 9.91 Å². The molecule has 0 saturated carbocycles. The molecule has 12 heteroatoms. The van der Waals surface area contributed by atoms with Crippen LogP contribution in [0, 0.1) is 0 Å². The number of H-pyrrole nitrogens is 1. The van der Waals surface area contributed by atoms with E-state index >= 15 is 0 Å². The maximum absolute atomic E-state index is 13.3. The second-order valence-electron chi connectivity index (χ2n) is 7.69. The molecule has 2 unspecified atom stereocenters. The molecule has 0 spiro atoms. The highest BCUT2D eigenvalue weighted by Crippen LogP contribution is 2.41. The topological polar surface area (TPSA) is 103 Å². The lowest BCUT2D eigenvalue weighted by Gasteiger charge is -2.25. The van der Waals surface area contributed by atoms with Gasteiger partial charge in [0.25, 0.3) is 11.8 Å². The van der Waals surface area contributed by atoms with Crippen LogP contribution in [0.15, 0.2) is 64.3 Å². The van der Waals surface area contributed by atoms with Crippen LogP contribution >= 0.6 is 0 Å². The summed E-state index contributed by atoms with van der Waals surface area (Å²) >= 11 is 0. The first-order chi connectivity index (χ1) is 15.1. The average molecular weight is 443 g/mol. The first-order valence-electron chi connectivity index (χ1n) is 9.56. The Balaban J connectivity index is 1.48. The number of aliphatic imine (C=N–C) groups is 2. The van der Waals surface area contributed by atoms with Crippen molar-refractivity contribution in [3.63, 3.8) is 0 Å². The lowest BCUT2D eigenvalue weighted by atomic mass is 9.95. The van der Waals surface area contributed by atoms with Crippen molar-refractivity contribution >= 4 is 40.3 Å². The fraction of sp³-hybridized carbons (Fsp3) is 0.200. The molecule has 9 nitrogen and oxygen atoms in total. The number of aromatic amines is 1. The molecule has 0 saturated heterocycles. The van der Waals surface area contributed by atoms with Crippen LogP contribution in [0.2, 0.25) is 0 Å². The number of anilines is 1. The minimum absolute atomic E-state index is 0.0387. The minimum Gasteiger partial charge on any atom is -0.376 e. The number of aliphatic hydroxyl groups is 1. The molecule has 0 aliphatic carbocycles. The van der Waals surface area contributed by atoms with Crippen molar-refractivity contribution in [2.75, 3.05) is 5.32 Å². The number of hydrogen-bond acceptors (Lipinski definition) is 6. The number of alkyl halides is 3. The van der Waals surface area contributed by atoms with Crippen LogP contribution in [0.1, 0.15) is 12.5 Å². The number of rotatable bonds is 3. The summed E-state index contributed by atoms with van der Waals surface area (Å²) in [7, 11) is 1.80. The van der Waals surface area contributed by atoms with E-state index < -0.39 is 11.8 Å². The van der Waals surface area contributed by atoms with Gasteiger partial charge in [-0.2, -0.15) is 23.3 Å². The Morgan fingerprint density at radius 3 is 2.78 bits per heavy atom. The van der Waals surface area contributed by atoms with Gasteiger partial charge >= 0.3 is 6.18 Å². The fourth-order valence-corrected chi connectivity index (χ4v) is 3.68. The zero-order chi connectivity index (χ0) is 22.7. The summed E-state index contributed by atoms with van der Waals surface area (Å²) in [6.07, 6.45) is 4.86. The van der Waals surface area contributed by atoms with Gasteiger partial charge in [0.15, 0.2) is 11.8 Å². The van der Waals surface area contributed by atoms with E-state index in [1.165, 1.54) is 12.3 Å². The number of fused-ring (bicyclic) bond motifs is 2. The molecular formula is C20H18F3N8O+. The number of aryl methyl sites for hydroxylation is 1. The van der Waals surface area contributed by atoms with Crippen LogP contribution in [0.3, 0.4) is 0 Å². The molecule has 0 radical (unpaired) electrons. The highest BCUT2D eigenvalue weighted by molar-refractivity contribution is 6.38. The smallest absolute Gasteiger partial charge is 0.376 e. The molecule has 2 atom stereocenters. The number of nitrogens with one attached hydrogen (secondary N) is 2. The van der Waals surface area contributed by atoms with Crippen LogP contribution in [-0.4, -0.2) is 44.1 Å². The zero-order valence-corrected chi connectivity index (χ0v) is 17.0. The molecule has 32 heavy (non-hydrogen) atoms. The van der Waals surface area contributed by atoms with Crippen LogP contribution in [0.5, 0.6) is 0 Å². The lowest BCUT2D eigenvalue weighted by molar-refractivity contribution is -0.258. The van der Waals surface area contributed by atoms with Gasteiger partial charge in [-0.3, -0.25) is 9.67 Å². The molecule has 164 valence electrons. The van der Waals surface area contributed by atoms with Crippen molar-refractivity contribution in [3.8, 4) is 0 Å². The number of guanidine groups is 1. The van der Waals surface area contributed by atoms with Gasteiger partial charge in [0, 0.05) is 35.4 Å².